The monoisotopic (exact) mass is 224 g/mol. The Bertz CT molecular complexity index is 460. The average molecular weight is 224 g/mol. The first-order chi connectivity index (χ1) is 7.63. The van der Waals surface area contributed by atoms with Crippen LogP contribution in [0.25, 0.3) is 0 Å². The number of carbonyl (C=O) groups excluding carboxylic acids is 1. The van der Waals surface area contributed by atoms with Crippen LogP contribution in [0.4, 0.5) is 20.2 Å². The maximum Gasteiger partial charge on any atom is 0.243 e. The van der Waals surface area contributed by atoms with E-state index >= 15 is 0 Å². The maximum atomic E-state index is 13.6. The summed E-state index contributed by atoms with van der Waals surface area (Å²) in [5, 5.41) is 2.49. The molecule has 3 nitrogen and oxygen atoms in total. The van der Waals surface area contributed by atoms with Crippen molar-refractivity contribution in [3.8, 4) is 0 Å². The van der Waals surface area contributed by atoms with E-state index in [1.54, 1.807) is 0 Å². The molecule has 5 heteroatoms. The number of benzene rings is 1. The fraction of sp³-hybridized carbons (Fsp3) is 0.182. The van der Waals surface area contributed by atoms with E-state index < -0.39 is 11.6 Å². The van der Waals surface area contributed by atoms with Crippen molar-refractivity contribution in [2.45, 2.75) is 0 Å². The van der Waals surface area contributed by atoms with E-state index in [9.17, 15) is 13.6 Å². The van der Waals surface area contributed by atoms with Gasteiger partial charge in [-0.15, -0.1) is 6.58 Å². The van der Waals surface area contributed by atoms with E-state index in [0.717, 1.165) is 6.07 Å². The molecular weight excluding hydrogens is 214 g/mol. The minimum atomic E-state index is -0.945. The van der Waals surface area contributed by atoms with Crippen LogP contribution in [0, 0.1) is 11.6 Å². The van der Waals surface area contributed by atoms with Crippen molar-refractivity contribution in [2.75, 3.05) is 23.3 Å². The van der Waals surface area contributed by atoms with Gasteiger partial charge < -0.3 is 10.2 Å². The lowest BCUT2D eigenvalue weighted by Crippen LogP contribution is -2.39. The number of amides is 1. The number of hydrogen-bond acceptors (Lipinski definition) is 2. The largest absolute Gasteiger partial charge is 0.354 e. The summed E-state index contributed by atoms with van der Waals surface area (Å²) >= 11 is 0. The molecule has 0 fully saturated rings. The van der Waals surface area contributed by atoms with Crippen LogP contribution in [0.5, 0.6) is 0 Å². The number of nitrogens with one attached hydrogen (secondary N) is 1. The van der Waals surface area contributed by atoms with E-state index in [0.29, 0.717) is 6.54 Å². The molecule has 0 radical (unpaired) electrons. The number of anilines is 2. The number of carbonyl (C=O) groups is 1. The zero-order valence-corrected chi connectivity index (χ0v) is 8.46. The van der Waals surface area contributed by atoms with Crippen molar-refractivity contribution in [3.63, 3.8) is 0 Å². The van der Waals surface area contributed by atoms with Crippen molar-refractivity contribution in [2.24, 2.45) is 0 Å². The van der Waals surface area contributed by atoms with Crippen LogP contribution in [0.2, 0.25) is 0 Å². The molecule has 2 rings (SSSR count). The maximum absolute atomic E-state index is 13.6. The van der Waals surface area contributed by atoms with Crippen LogP contribution in [-0.2, 0) is 4.79 Å². The van der Waals surface area contributed by atoms with Gasteiger partial charge in [0.05, 0.1) is 12.2 Å². The van der Waals surface area contributed by atoms with Crippen molar-refractivity contribution in [1.82, 2.24) is 0 Å². The van der Waals surface area contributed by atoms with Gasteiger partial charge in [-0.2, -0.15) is 0 Å². The molecule has 1 amide bonds. The van der Waals surface area contributed by atoms with Gasteiger partial charge in [0.25, 0.3) is 0 Å². The lowest BCUT2D eigenvalue weighted by molar-refractivity contribution is -0.115. The predicted molar refractivity (Wildman–Crippen MR) is 57.4 cm³/mol. The number of hydrogen-bond donors (Lipinski definition) is 1. The first-order valence-corrected chi connectivity index (χ1v) is 4.77. The van der Waals surface area contributed by atoms with Crippen molar-refractivity contribution in [3.05, 3.63) is 36.4 Å². The summed E-state index contributed by atoms with van der Waals surface area (Å²) in [5.41, 5.74) is 0.372. The molecule has 0 aromatic heterocycles. The highest BCUT2D eigenvalue weighted by Gasteiger charge is 2.26. The quantitative estimate of drug-likeness (QED) is 0.778. The van der Waals surface area contributed by atoms with Crippen LogP contribution < -0.4 is 10.2 Å². The molecule has 1 aromatic rings. The van der Waals surface area contributed by atoms with E-state index in [2.05, 4.69) is 11.9 Å². The van der Waals surface area contributed by atoms with Crippen molar-refractivity contribution < 1.29 is 13.6 Å². The Labute approximate surface area is 91.4 Å². The second-order valence-corrected chi connectivity index (χ2v) is 3.47. The molecule has 0 unspecified atom stereocenters. The molecule has 1 N–H and O–H groups in total. The summed E-state index contributed by atoms with van der Waals surface area (Å²) in [4.78, 5) is 12.7. The van der Waals surface area contributed by atoms with Gasteiger partial charge in [-0.1, -0.05) is 6.08 Å². The number of fused-ring (bicyclic) bond motifs is 1. The van der Waals surface area contributed by atoms with E-state index in [1.807, 2.05) is 0 Å². The zero-order chi connectivity index (χ0) is 11.7. The normalized spacial score (nSPS) is 14.4. The van der Waals surface area contributed by atoms with E-state index in [1.165, 1.54) is 17.0 Å². The van der Waals surface area contributed by atoms with Gasteiger partial charge in [-0.25, -0.2) is 8.78 Å². The highest BCUT2D eigenvalue weighted by Crippen LogP contribution is 2.33. The zero-order valence-electron chi connectivity index (χ0n) is 8.46. The molecule has 1 aliphatic rings. The van der Waals surface area contributed by atoms with Gasteiger partial charge in [0.2, 0.25) is 5.91 Å². The molecular formula is C11H10F2N2O. The second kappa shape index (κ2) is 3.92. The Balaban J connectivity index is 2.53. The predicted octanol–water partition coefficient (Wildman–Crippen LogP) is 1.91. The molecule has 1 aliphatic heterocycles. The smallest absolute Gasteiger partial charge is 0.243 e. The summed E-state index contributed by atoms with van der Waals surface area (Å²) in [7, 11) is 0. The van der Waals surface area contributed by atoms with Crippen LogP contribution >= 0.6 is 0 Å². The van der Waals surface area contributed by atoms with Gasteiger partial charge >= 0.3 is 0 Å². The van der Waals surface area contributed by atoms with Crippen molar-refractivity contribution >= 4 is 17.3 Å². The molecule has 0 bridgehead atoms. The molecule has 0 saturated carbocycles. The number of nitrogens with zero attached hydrogens (tertiary/aromatic N) is 1. The molecule has 84 valence electrons. The lowest BCUT2D eigenvalue weighted by atomic mass is 10.1. The Morgan fingerprint density at radius 2 is 2.25 bits per heavy atom. The molecule has 0 atom stereocenters. The lowest BCUT2D eigenvalue weighted by Gasteiger charge is -2.30. The summed E-state index contributed by atoms with van der Waals surface area (Å²) in [6.07, 6.45) is 1.53. The third-order valence-corrected chi connectivity index (χ3v) is 2.34. The SMILES string of the molecule is C=CCN1CC(=O)Nc2ccc(F)c(F)c21. The first kappa shape index (κ1) is 10.6. The fourth-order valence-electron chi connectivity index (χ4n) is 1.70. The van der Waals surface area contributed by atoms with Gasteiger partial charge in [0, 0.05) is 6.54 Å². The Kier molecular flexibility index (Phi) is 2.60. The molecule has 0 spiro atoms. The van der Waals surface area contributed by atoms with Gasteiger partial charge in [-0.05, 0) is 12.1 Å². The third-order valence-electron chi connectivity index (χ3n) is 2.34. The van der Waals surface area contributed by atoms with Crippen LogP contribution in [0.1, 0.15) is 0 Å². The number of halogens is 2. The molecule has 1 heterocycles. The van der Waals surface area contributed by atoms with E-state index in [4.69, 9.17) is 0 Å². The number of rotatable bonds is 2. The summed E-state index contributed by atoms with van der Waals surface area (Å²) in [6, 6.07) is 2.34. The second-order valence-electron chi connectivity index (χ2n) is 3.47. The highest BCUT2D eigenvalue weighted by molar-refractivity contribution is 6.01. The van der Waals surface area contributed by atoms with Gasteiger partial charge in [0.1, 0.15) is 5.69 Å². The van der Waals surface area contributed by atoms with Gasteiger partial charge in [0.15, 0.2) is 11.6 Å². The topological polar surface area (TPSA) is 32.3 Å². The average Bonchev–Trinajstić information content (AvgIpc) is 2.23. The Morgan fingerprint density at radius 1 is 1.50 bits per heavy atom. The minimum absolute atomic E-state index is 0.000602. The molecule has 16 heavy (non-hydrogen) atoms. The molecule has 1 aromatic carbocycles. The van der Waals surface area contributed by atoms with Crippen LogP contribution in [0.15, 0.2) is 24.8 Å². The standard InChI is InChI=1S/C11H10F2N2O/c1-2-5-15-6-9(16)14-8-4-3-7(12)10(13)11(8)15/h2-4H,1,5-6H2,(H,14,16). The summed E-state index contributed by atoms with van der Waals surface area (Å²) < 4.78 is 26.7. The molecule has 0 aliphatic carbocycles. The third kappa shape index (κ3) is 1.64. The van der Waals surface area contributed by atoms with Crippen molar-refractivity contribution in [1.29, 1.82) is 0 Å². The minimum Gasteiger partial charge on any atom is -0.354 e. The molecule has 0 saturated heterocycles. The Hall–Kier alpha value is -1.91. The first-order valence-electron chi connectivity index (χ1n) is 4.77. The van der Waals surface area contributed by atoms with Gasteiger partial charge in [-0.3, -0.25) is 4.79 Å². The fourth-order valence-corrected chi connectivity index (χ4v) is 1.70. The highest BCUT2D eigenvalue weighted by atomic mass is 19.2. The van der Waals surface area contributed by atoms with E-state index in [-0.39, 0.29) is 23.8 Å². The summed E-state index contributed by atoms with van der Waals surface area (Å²) in [5.74, 6) is -2.12. The van der Waals surface area contributed by atoms with Crippen LogP contribution in [-0.4, -0.2) is 19.0 Å². The summed E-state index contributed by atoms with van der Waals surface area (Å²) in [6.45, 7) is 3.81. The van der Waals surface area contributed by atoms with Crippen LogP contribution in [0.3, 0.4) is 0 Å². The Morgan fingerprint density at radius 3 is 2.94 bits per heavy atom.